The molecule has 0 fully saturated rings. The van der Waals surface area contributed by atoms with Crippen LogP contribution < -0.4 is 5.32 Å². The van der Waals surface area contributed by atoms with Crippen LogP contribution in [0.5, 0.6) is 0 Å². The third-order valence-electron chi connectivity index (χ3n) is 16.8. The second-order valence-corrected chi connectivity index (χ2v) is 24.6. The fraction of sp³-hybridized carbons (Fsp3) is 0.944. The normalized spacial score (nSPS) is 12.5. The van der Waals surface area contributed by atoms with Gasteiger partial charge in [0.2, 0.25) is 5.91 Å². The van der Waals surface area contributed by atoms with Gasteiger partial charge in [-0.25, -0.2) is 0 Å². The first-order valence-corrected chi connectivity index (χ1v) is 35.4. The maximum Gasteiger partial charge on any atom is 0.305 e. The van der Waals surface area contributed by atoms with Gasteiger partial charge in [0.15, 0.2) is 0 Å². The Kier molecular flexibility index (Phi) is 65.9. The van der Waals surface area contributed by atoms with E-state index in [0.29, 0.717) is 25.9 Å². The zero-order valence-electron chi connectivity index (χ0n) is 52.5. The van der Waals surface area contributed by atoms with E-state index in [1.807, 2.05) is 0 Å². The lowest BCUT2D eigenvalue weighted by Gasteiger charge is -2.22. The van der Waals surface area contributed by atoms with Gasteiger partial charge in [0.05, 0.1) is 25.4 Å². The second kappa shape index (κ2) is 67.1. The molecule has 6 heteroatoms. The highest BCUT2D eigenvalue weighted by Gasteiger charge is 2.20. The van der Waals surface area contributed by atoms with Gasteiger partial charge in [0, 0.05) is 12.8 Å². The molecule has 0 aliphatic carbocycles. The van der Waals surface area contributed by atoms with Crippen molar-refractivity contribution in [1.82, 2.24) is 5.32 Å². The van der Waals surface area contributed by atoms with E-state index in [0.717, 1.165) is 44.9 Å². The number of allylic oxidation sites excluding steroid dienone is 2. The van der Waals surface area contributed by atoms with Crippen molar-refractivity contribution in [2.24, 2.45) is 0 Å². The summed E-state index contributed by atoms with van der Waals surface area (Å²) in [6.45, 7) is 4.98. The molecule has 458 valence electrons. The van der Waals surface area contributed by atoms with E-state index in [2.05, 4.69) is 31.3 Å². The molecule has 1 amide bonds. The molecule has 0 spiro atoms. The van der Waals surface area contributed by atoms with Crippen molar-refractivity contribution < 1.29 is 24.5 Å². The number of aliphatic hydroxyl groups is 2. The molecular weight excluding hydrogens is 947 g/mol. The van der Waals surface area contributed by atoms with Crippen molar-refractivity contribution in [3.63, 3.8) is 0 Å². The Morgan fingerprint density at radius 1 is 0.351 bits per heavy atom. The van der Waals surface area contributed by atoms with Crippen LogP contribution >= 0.6 is 0 Å². The Hall–Kier alpha value is -1.40. The molecule has 0 aromatic carbocycles. The zero-order chi connectivity index (χ0) is 55.7. The number of rotatable bonds is 67. The fourth-order valence-electron chi connectivity index (χ4n) is 11.4. The van der Waals surface area contributed by atoms with E-state index in [9.17, 15) is 19.8 Å². The third kappa shape index (κ3) is 63.6. The topological polar surface area (TPSA) is 95.9 Å². The van der Waals surface area contributed by atoms with Crippen molar-refractivity contribution >= 4 is 11.9 Å². The molecule has 0 radical (unpaired) electrons. The molecule has 6 nitrogen and oxygen atoms in total. The summed E-state index contributed by atoms with van der Waals surface area (Å²) >= 11 is 0. The number of amides is 1. The van der Waals surface area contributed by atoms with Gasteiger partial charge in [-0.1, -0.05) is 353 Å². The lowest BCUT2D eigenvalue weighted by atomic mass is 10.0. The standard InChI is InChI=1S/C71H139NO5/c1-3-5-7-9-11-13-15-17-19-21-23-24-25-26-27-29-31-35-39-43-47-51-55-59-63-69(74)68(67-73)72-70(75)64-60-56-52-48-44-40-36-32-30-34-38-42-46-50-54-58-62-66-77-71(76)65-61-57-53-49-45-41-37-33-28-22-20-18-16-14-12-10-8-6-4-2/h18,20,68-69,73-74H,3-17,19,21-67H2,1-2H3,(H,72,75)/b20-18-. The largest absolute Gasteiger partial charge is 0.466 e. The predicted octanol–water partition coefficient (Wildman–Crippen LogP) is 22.8. The summed E-state index contributed by atoms with van der Waals surface area (Å²) in [5.41, 5.74) is 0. The minimum Gasteiger partial charge on any atom is -0.466 e. The van der Waals surface area contributed by atoms with Gasteiger partial charge in [-0.3, -0.25) is 9.59 Å². The average molecular weight is 1090 g/mol. The van der Waals surface area contributed by atoms with Crippen LogP contribution in [-0.2, 0) is 14.3 Å². The summed E-state index contributed by atoms with van der Waals surface area (Å²) < 4.78 is 5.50. The van der Waals surface area contributed by atoms with Crippen molar-refractivity contribution in [3.8, 4) is 0 Å². The lowest BCUT2D eigenvalue weighted by molar-refractivity contribution is -0.143. The SMILES string of the molecule is CCCCCCCC/C=C\CCCCCCCCCCCC(=O)OCCCCCCCCCCCCCCCCCCCC(=O)NC(CO)C(O)CCCCCCCCCCCCCCCCCCCCCCCCCC. The molecule has 0 aromatic rings. The first-order valence-electron chi connectivity index (χ1n) is 35.4. The average Bonchev–Trinajstić information content (AvgIpc) is 3.43. The Bertz CT molecular complexity index is 1160. The Morgan fingerprint density at radius 2 is 0.610 bits per heavy atom. The number of hydrogen-bond acceptors (Lipinski definition) is 5. The first-order chi connectivity index (χ1) is 38.0. The molecule has 0 aliphatic rings. The Morgan fingerprint density at radius 3 is 0.922 bits per heavy atom. The molecule has 0 aromatic heterocycles. The zero-order valence-corrected chi connectivity index (χ0v) is 52.5. The number of unbranched alkanes of at least 4 members (excludes halogenated alkanes) is 54. The van der Waals surface area contributed by atoms with Crippen LogP contribution in [0.15, 0.2) is 12.2 Å². The van der Waals surface area contributed by atoms with Crippen molar-refractivity contribution in [3.05, 3.63) is 12.2 Å². The van der Waals surface area contributed by atoms with Crippen LogP contribution in [0.4, 0.5) is 0 Å². The molecule has 3 N–H and O–H groups in total. The summed E-state index contributed by atoms with van der Waals surface area (Å²) in [4.78, 5) is 24.7. The molecule has 2 unspecified atom stereocenters. The molecule has 0 saturated carbocycles. The van der Waals surface area contributed by atoms with E-state index < -0.39 is 12.1 Å². The summed E-state index contributed by atoms with van der Waals surface area (Å²) in [6.07, 6.45) is 82.5. The molecular formula is C71H139NO5. The maximum atomic E-state index is 12.6. The number of carbonyl (C=O) groups excluding carboxylic acids is 2. The van der Waals surface area contributed by atoms with Gasteiger partial charge in [0.1, 0.15) is 0 Å². The monoisotopic (exact) mass is 1090 g/mol. The summed E-state index contributed by atoms with van der Waals surface area (Å²) in [7, 11) is 0. The third-order valence-corrected chi connectivity index (χ3v) is 16.8. The van der Waals surface area contributed by atoms with Crippen LogP contribution in [0.25, 0.3) is 0 Å². The Labute approximate surface area is 482 Å². The van der Waals surface area contributed by atoms with Crippen LogP contribution in [0, 0.1) is 0 Å². The van der Waals surface area contributed by atoms with Crippen molar-refractivity contribution in [2.45, 2.75) is 418 Å². The molecule has 0 bridgehead atoms. The lowest BCUT2D eigenvalue weighted by Crippen LogP contribution is -2.45. The molecule has 0 aliphatic heterocycles. The number of carbonyl (C=O) groups is 2. The molecule has 2 atom stereocenters. The van der Waals surface area contributed by atoms with E-state index in [1.165, 1.54) is 327 Å². The van der Waals surface area contributed by atoms with E-state index in [1.54, 1.807) is 0 Å². The van der Waals surface area contributed by atoms with Gasteiger partial charge < -0.3 is 20.3 Å². The van der Waals surface area contributed by atoms with Gasteiger partial charge in [-0.15, -0.1) is 0 Å². The number of esters is 1. The van der Waals surface area contributed by atoms with Crippen molar-refractivity contribution in [2.75, 3.05) is 13.2 Å². The van der Waals surface area contributed by atoms with Gasteiger partial charge in [0.25, 0.3) is 0 Å². The number of hydrogen-bond donors (Lipinski definition) is 3. The minimum absolute atomic E-state index is 0.00662. The highest BCUT2D eigenvalue weighted by atomic mass is 16.5. The number of ether oxygens (including phenoxy) is 1. The van der Waals surface area contributed by atoms with Crippen LogP contribution in [0.1, 0.15) is 406 Å². The maximum absolute atomic E-state index is 12.6. The summed E-state index contributed by atoms with van der Waals surface area (Å²) in [5.74, 6) is -0.0283. The Balaban J connectivity index is 3.39. The molecule has 77 heavy (non-hydrogen) atoms. The quantitative estimate of drug-likeness (QED) is 0.0320. The molecule has 0 rings (SSSR count). The van der Waals surface area contributed by atoms with E-state index in [-0.39, 0.29) is 18.5 Å². The summed E-state index contributed by atoms with van der Waals surface area (Å²) in [5, 5.41) is 23.4. The smallest absolute Gasteiger partial charge is 0.305 e. The van der Waals surface area contributed by atoms with Crippen LogP contribution in [-0.4, -0.2) is 47.4 Å². The van der Waals surface area contributed by atoms with E-state index >= 15 is 0 Å². The van der Waals surface area contributed by atoms with Gasteiger partial charge >= 0.3 is 5.97 Å². The molecule has 0 heterocycles. The van der Waals surface area contributed by atoms with Gasteiger partial charge in [-0.05, 0) is 51.4 Å². The number of aliphatic hydroxyl groups excluding tert-OH is 2. The fourth-order valence-corrected chi connectivity index (χ4v) is 11.4. The second-order valence-electron chi connectivity index (χ2n) is 24.6. The first kappa shape index (κ1) is 75.6. The van der Waals surface area contributed by atoms with Gasteiger partial charge in [-0.2, -0.15) is 0 Å². The van der Waals surface area contributed by atoms with E-state index in [4.69, 9.17) is 4.74 Å². The van der Waals surface area contributed by atoms with Crippen LogP contribution in [0.3, 0.4) is 0 Å². The molecule has 0 saturated heterocycles. The number of nitrogens with one attached hydrogen (secondary N) is 1. The summed E-state index contributed by atoms with van der Waals surface area (Å²) in [6, 6.07) is -0.547. The highest BCUT2D eigenvalue weighted by Crippen LogP contribution is 2.19. The highest BCUT2D eigenvalue weighted by molar-refractivity contribution is 5.76. The van der Waals surface area contributed by atoms with Crippen LogP contribution in [0.2, 0.25) is 0 Å². The van der Waals surface area contributed by atoms with Crippen molar-refractivity contribution in [1.29, 1.82) is 0 Å². The predicted molar refractivity (Wildman–Crippen MR) is 338 cm³/mol. The minimum atomic E-state index is -0.669.